The summed E-state index contributed by atoms with van der Waals surface area (Å²) in [5, 5.41) is 10.7. The minimum absolute atomic E-state index is 0.0806. The van der Waals surface area contributed by atoms with Gasteiger partial charge in [-0.3, -0.25) is 4.79 Å². The molecule has 4 aliphatic carbocycles. The quantitative estimate of drug-likeness (QED) is 0.836. The highest BCUT2D eigenvalue weighted by Crippen LogP contribution is 2.62. The van der Waals surface area contributed by atoms with Gasteiger partial charge in [0.15, 0.2) is 0 Å². The lowest BCUT2D eigenvalue weighted by Crippen LogP contribution is -2.56. The Morgan fingerprint density at radius 1 is 1.30 bits per heavy atom. The van der Waals surface area contributed by atoms with E-state index in [9.17, 15) is 9.90 Å². The number of amides is 1. The van der Waals surface area contributed by atoms with Crippen LogP contribution in [0.2, 0.25) is 0 Å². The van der Waals surface area contributed by atoms with Crippen LogP contribution in [0.1, 0.15) is 44.9 Å². The maximum absolute atomic E-state index is 12.4. The van der Waals surface area contributed by atoms with E-state index < -0.39 is 5.60 Å². The van der Waals surface area contributed by atoms with E-state index in [4.69, 9.17) is 4.74 Å². The van der Waals surface area contributed by atoms with Crippen LogP contribution in [0.15, 0.2) is 0 Å². The molecule has 4 nitrogen and oxygen atoms in total. The molecule has 0 aromatic rings. The van der Waals surface area contributed by atoms with E-state index in [0.717, 1.165) is 32.1 Å². The van der Waals surface area contributed by atoms with Crippen LogP contribution in [-0.2, 0) is 9.53 Å². The maximum atomic E-state index is 12.4. The highest BCUT2D eigenvalue weighted by Gasteiger charge is 2.57. The topological polar surface area (TPSA) is 49.8 Å². The number of ether oxygens (including phenoxy) is 1. The van der Waals surface area contributed by atoms with Gasteiger partial charge in [-0.25, -0.2) is 0 Å². The van der Waals surface area contributed by atoms with Crippen molar-refractivity contribution < 1.29 is 14.6 Å². The van der Waals surface area contributed by atoms with E-state index in [1.54, 1.807) is 12.0 Å². The number of rotatable bonds is 5. The van der Waals surface area contributed by atoms with E-state index in [1.165, 1.54) is 6.42 Å². The van der Waals surface area contributed by atoms with Gasteiger partial charge in [-0.05, 0) is 55.8 Å². The summed E-state index contributed by atoms with van der Waals surface area (Å²) in [4.78, 5) is 14.2. The van der Waals surface area contributed by atoms with Crippen molar-refractivity contribution in [3.05, 3.63) is 0 Å². The van der Waals surface area contributed by atoms with Crippen LogP contribution in [0.5, 0.6) is 0 Å². The first-order chi connectivity index (χ1) is 9.44. The van der Waals surface area contributed by atoms with Crippen LogP contribution in [0.4, 0.5) is 0 Å². The van der Waals surface area contributed by atoms with E-state index >= 15 is 0 Å². The summed E-state index contributed by atoms with van der Waals surface area (Å²) < 4.78 is 5.04. The summed E-state index contributed by atoms with van der Waals surface area (Å²) in [7, 11) is 3.52. The third-order valence-corrected chi connectivity index (χ3v) is 5.73. The molecule has 4 rings (SSSR count). The predicted molar refractivity (Wildman–Crippen MR) is 76.2 cm³/mol. The second-order valence-corrected chi connectivity index (χ2v) is 7.67. The van der Waals surface area contributed by atoms with Gasteiger partial charge in [0.25, 0.3) is 0 Å². The zero-order chi connectivity index (χ0) is 14.4. The van der Waals surface area contributed by atoms with Gasteiger partial charge in [-0.15, -0.1) is 0 Å². The molecule has 0 aromatic carbocycles. The highest BCUT2D eigenvalue weighted by atomic mass is 16.5. The van der Waals surface area contributed by atoms with Gasteiger partial charge in [0.05, 0.1) is 12.2 Å². The fraction of sp³-hybridized carbons (Fsp3) is 0.938. The van der Waals surface area contributed by atoms with Gasteiger partial charge in [0.1, 0.15) is 0 Å². The molecule has 0 heterocycles. The minimum Gasteiger partial charge on any atom is -0.390 e. The molecule has 0 aromatic heterocycles. The van der Waals surface area contributed by atoms with Gasteiger partial charge in [0, 0.05) is 27.1 Å². The second-order valence-electron chi connectivity index (χ2n) is 7.67. The van der Waals surface area contributed by atoms with Crippen LogP contribution in [0.3, 0.4) is 0 Å². The second kappa shape index (κ2) is 4.99. The molecule has 1 N–H and O–H groups in total. The van der Waals surface area contributed by atoms with E-state index in [-0.39, 0.29) is 11.3 Å². The Labute approximate surface area is 121 Å². The lowest BCUT2D eigenvalue weighted by atomic mass is 9.47. The SMILES string of the molecule is COCCN(C)C(=O)CC12CC3CC(CC(O)(C3)C1)C2. The molecule has 0 aliphatic heterocycles. The molecule has 0 radical (unpaired) electrons. The van der Waals surface area contributed by atoms with Crippen molar-refractivity contribution in [3.63, 3.8) is 0 Å². The zero-order valence-corrected chi connectivity index (χ0v) is 12.7. The molecular weight excluding hydrogens is 254 g/mol. The van der Waals surface area contributed by atoms with Crippen molar-refractivity contribution in [1.29, 1.82) is 0 Å². The smallest absolute Gasteiger partial charge is 0.222 e. The van der Waals surface area contributed by atoms with Crippen LogP contribution < -0.4 is 0 Å². The average Bonchev–Trinajstić information content (AvgIpc) is 2.32. The van der Waals surface area contributed by atoms with Gasteiger partial charge in [-0.1, -0.05) is 0 Å². The Morgan fingerprint density at radius 2 is 1.95 bits per heavy atom. The number of hydrogen-bond acceptors (Lipinski definition) is 3. The van der Waals surface area contributed by atoms with Crippen molar-refractivity contribution in [2.45, 2.75) is 50.5 Å². The summed E-state index contributed by atoms with van der Waals surface area (Å²) in [6, 6.07) is 0. The number of likely N-dealkylation sites (N-methyl/N-ethyl adjacent to an activating group) is 1. The Hall–Kier alpha value is -0.610. The van der Waals surface area contributed by atoms with E-state index in [2.05, 4.69) is 0 Å². The highest BCUT2D eigenvalue weighted by molar-refractivity contribution is 5.76. The number of methoxy groups -OCH3 is 1. The van der Waals surface area contributed by atoms with Crippen LogP contribution in [-0.4, -0.2) is 48.8 Å². The number of carbonyl (C=O) groups is 1. The first-order valence-corrected chi connectivity index (χ1v) is 7.89. The first-order valence-electron chi connectivity index (χ1n) is 7.89. The van der Waals surface area contributed by atoms with Crippen molar-refractivity contribution >= 4 is 5.91 Å². The largest absolute Gasteiger partial charge is 0.390 e. The summed E-state index contributed by atoms with van der Waals surface area (Å²) in [6.45, 7) is 1.24. The molecule has 2 unspecified atom stereocenters. The van der Waals surface area contributed by atoms with Gasteiger partial charge >= 0.3 is 0 Å². The lowest BCUT2D eigenvalue weighted by molar-refractivity contribution is -0.171. The van der Waals surface area contributed by atoms with Crippen LogP contribution in [0.25, 0.3) is 0 Å². The van der Waals surface area contributed by atoms with Crippen molar-refractivity contribution in [1.82, 2.24) is 4.90 Å². The van der Waals surface area contributed by atoms with Crippen LogP contribution >= 0.6 is 0 Å². The first kappa shape index (κ1) is 14.3. The molecule has 4 bridgehead atoms. The molecule has 4 fully saturated rings. The Balaban J connectivity index is 1.66. The van der Waals surface area contributed by atoms with Crippen molar-refractivity contribution in [3.8, 4) is 0 Å². The molecule has 114 valence electrons. The predicted octanol–water partition coefficient (Wildman–Crippen LogP) is 1.81. The summed E-state index contributed by atoms with van der Waals surface area (Å²) >= 11 is 0. The molecular formula is C16H27NO3. The van der Waals surface area contributed by atoms with Crippen molar-refractivity contribution in [2.24, 2.45) is 17.3 Å². The van der Waals surface area contributed by atoms with Gasteiger partial charge in [-0.2, -0.15) is 0 Å². The molecule has 4 aliphatic rings. The molecule has 20 heavy (non-hydrogen) atoms. The van der Waals surface area contributed by atoms with Gasteiger partial charge < -0.3 is 14.7 Å². The molecule has 0 saturated heterocycles. The number of carbonyl (C=O) groups excluding carboxylic acids is 1. The van der Waals surface area contributed by atoms with Crippen molar-refractivity contribution in [2.75, 3.05) is 27.3 Å². The Bertz CT molecular complexity index is 381. The molecule has 2 atom stereocenters. The summed E-state index contributed by atoms with van der Waals surface area (Å²) in [5.41, 5.74) is -0.382. The van der Waals surface area contributed by atoms with E-state index in [0.29, 0.717) is 31.4 Å². The fourth-order valence-corrected chi connectivity index (χ4v) is 5.42. The van der Waals surface area contributed by atoms with Gasteiger partial charge in [0.2, 0.25) is 5.91 Å². The lowest BCUT2D eigenvalue weighted by Gasteiger charge is -2.60. The third-order valence-electron chi connectivity index (χ3n) is 5.73. The van der Waals surface area contributed by atoms with E-state index in [1.807, 2.05) is 7.05 Å². The number of nitrogens with zero attached hydrogens (tertiary/aromatic N) is 1. The fourth-order valence-electron chi connectivity index (χ4n) is 5.42. The maximum Gasteiger partial charge on any atom is 0.222 e. The monoisotopic (exact) mass is 281 g/mol. The average molecular weight is 281 g/mol. The summed E-state index contributed by atoms with van der Waals surface area (Å²) in [6.07, 6.45) is 6.97. The number of aliphatic hydroxyl groups is 1. The molecule has 1 amide bonds. The molecule has 4 saturated carbocycles. The third kappa shape index (κ3) is 2.60. The normalized spacial score (nSPS) is 42.0. The number of hydrogen-bond donors (Lipinski definition) is 1. The summed E-state index contributed by atoms with van der Waals surface area (Å²) in [5.74, 6) is 1.52. The minimum atomic E-state index is -0.463. The Kier molecular flexibility index (Phi) is 3.57. The zero-order valence-electron chi connectivity index (χ0n) is 12.7. The van der Waals surface area contributed by atoms with Crippen LogP contribution in [0, 0.1) is 17.3 Å². The molecule has 0 spiro atoms. The Morgan fingerprint density at radius 3 is 2.50 bits per heavy atom. The molecule has 4 heteroatoms. The standard InChI is InChI=1S/C16H27NO3/c1-17(3-4-20-2)14(18)10-15-6-12-5-13(7-15)9-16(19,8-12)11-15/h12-13,19H,3-11H2,1-2H3.